The van der Waals surface area contributed by atoms with Gasteiger partial charge in [0.1, 0.15) is 5.75 Å². The number of ketones is 1. The largest absolute Gasteiger partial charge is 0.496 e. The molecule has 2 aliphatic rings. The van der Waals surface area contributed by atoms with Gasteiger partial charge in [0, 0.05) is 25.2 Å². The lowest BCUT2D eigenvalue weighted by molar-refractivity contribution is 0.101. The second-order valence-corrected chi connectivity index (χ2v) is 6.20. The zero-order chi connectivity index (χ0) is 15.0. The van der Waals surface area contributed by atoms with Crippen LogP contribution in [0, 0.1) is 0 Å². The molecule has 1 aromatic rings. The SMILES string of the molecule is COc1cccc(N2CCC3CCC(C2)N3C)c1C(C)=O. The number of hydrogen-bond acceptors (Lipinski definition) is 4. The summed E-state index contributed by atoms with van der Waals surface area (Å²) in [4.78, 5) is 17.0. The molecule has 21 heavy (non-hydrogen) atoms. The number of likely N-dealkylation sites (N-methyl/N-ethyl adjacent to an activating group) is 1. The van der Waals surface area contributed by atoms with Gasteiger partial charge in [0.05, 0.1) is 18.4 Å². The number of carbonyl (C=O) groups is 1. The highest BCUT2D eigenvalue weighted by molar-refractivity contribution is 6.02. The number of benzene rings is 1. The predicted molar refractivity (Wildman–Crippen MR) is 84.4 cm³/mol. The standard InChI is InChI=1S/C17H24N2O2/c1-12(20)17-15(5-4-6-16(17)21-3)19-10-9-13-7-8-14(11-19)18(13)2/h4-6,13-14H,7-11H2,1-3H3. The Kier molecular flexibility index (Phi) is 3.89. The molecule has 2 atom stereocenters. The summed E-state index contributed by atoms with van der Waals surface area (Å²) in [5.74, 6) is 0.757. The molecule has 3 rings (SSSR count). The number of methoxy groups -OCH3 is 1. The first-order valence-corrected chi connectivity index (χ1v) is 7.76. The van der Waals surface area contributed by atoms with E-state index in [-0.39, 0.29) is 5.78 Å². The molecule has 4 heteroatoms. The van der Waals surface area contributed by atoms with Crippen molar-refractivity contribution in [3.8, 4) is 5.75 Å². The van der Waals surface area contributed by atoms with E-state index < -0.39 is 0 Å². The molecule has 0 aliphatic carbocycles. The second-order valence-electron chi connectivity index (χ2n) is 6.20. The van der Waals surface area contributed by atoms with Crippen LogP contribution in [0.5, 0.6) is 5.75 Å². The summed E-state index contributed by atoms with van der Waals surface area (Å²) in [6, 6.07) is 7.21. The van der Waals surface area contributed by atoms with Crippen LogP contribution in [0.25, 0.3) is 0 Å². The minimum absolute atomic E-state index is 0.0743. The van der Waals surface area contributed by atoms with Crippen molar-refractivity contribution in [2.45, 2.75) is 38.3 Å². The second kappa shape index (κ2) is 5.68. The Balaban J connectivity index is 1.95. The third-order valence-corrected chi connectivity index (χ3v) is 5.07. The molecule has 2 unspecified atom stereocenters. The lowest BCUT2D eigenvalue weighted by Gasteiger charge is -2.29. The van der Waals surface area contributed by atoms with Gasteiger partial charge in [-0.15, -0.1) is 0 Å². The van der Waals surface area contributed by atoms with Crippen LogP contribution < -0.4 is 9.64 Å². The quantitative estimate of drug-likeness (QED) is 0.800. The van der Waals surface area contributed by atoms with E-state index in [1.807, 2.05) is 12.1 Å². The van der Waals surface area contributed by atoms with Crippen molar-refractivity contribution < 1.29 is 9.53 Å². The summed E-state index contributed by atoms with van der Waals surface area (Å²) in [7, 11) is 3.87. The van der Waals surface area contributed by atoms with Gasteiger partial charge in [-0.05, 0) is 45.4 Å². The first-order chi connectivity index (χ1) is 10.1. The highest BCUT2D eigenvalue weighted by atomic mass is 16.5. The van der Waals surface area contributed by atoms with Crippen LogP contribution in [0.15, 0.2) is 18.2 Å². The number of carbonyl (C=O) groups excluding carboxylic acids is 1. The third-order valence-electron chi connectivity index (χ3n) is 5.07. The van der Waals surface area contributed by atoms with Gasteiger partial charge < -0.3 is 9.64 Å². The third kappa shape index (κ3) is 2.53. The number of hydrogen-bond donors (Lipinski definition) is 0. The smallest absolute Gasteiger partial charge is 0.165 e. The summed E-state index contributed by atoms with van der Waals surface area (Å²) >= 11 is 0. The van der Waals surface area contributed by atoms with Crippen LogP contribution in [0.3, 0.4) is 0 Å². The van der Waals surface area contributed by atoms with Crippen molar-refractivity contribution in [3.05, 3.63) is 23.8 Å². The van der Waals surface area contributed by atoms with Gasteiger partial charge in [0.2, 0.25) is 0 Å². The summed E-state index contributed by atoms with van der Waals surface area (Å²) in [6.45, 7) is 3.64. The van der Waals surface area contributed by atoms with Crippen LogP contribution in [-0.4, -0.2) is 50.0 Å². The molecule has 2 bridgehead atoms. The van der Waals surface area contributed by atoms with E-state index in [0.29, 0.717) is 17.8 Å². The first-order valence-electron chi connectivity index (χ1n) is 7.76. The molecule has 0 saturated carbocycles. The van der Waals surface area contributed by atoms with Crippen LogP contribution in [0.1, 0.15) is 36.5 Å². The van der Waals surface area contributed by atoms with Gasteiger partial charge in [-0.25, -0.2) is 0 Å². The maximum absolute atomic E-state index is 12.1. The highest BCUT2D eigenvalue weighted by Crippen LogP contribution is 2.35. The van der Waals surface area contributed by atoms with E-state index in [9.17, 15) is 4.79 Å². The molecular formula is C17H24N2O2. The molecule has 4 nitrogen and oxygen atoms in total. The van der Waals surface area contributed by atoms with E-state index in [1.165, 1.54) is 19.3 Å². The summed E-state index contributed by atoms with van der Waals surface area (Å²) in [5.41, 5.74) is 1.75. The molecule has 0 N–H and O–H groups in total. The van der Waals surface area contributed by atoms with Crippen LogP contribution in [-0.2, 0) is 0 Å². The summed E-state index contributed by atoms with van der Waals surface area (Å²) in [6.07, 6.45) is 3.74. The van der Waals surface area contributed by atoms with Gasteiger partial charge in [-0.1, -0.05) is 6.07 Å². The topological polar surface area (TPSA) is 32.8 Å². The monoisotopic (exact) mass is 288 g/mol. The summed E-state index contributed by atoms with van der Waals surface area (Å²) < 4.78 is 5.39. The molecular weight excluding hydrogens is 264 g/mol. The van der Waals surface area contributed by atoms with Gasteiger partial charge in [0.15, 0.2) is 5.78 Å². The molecule has 2 aliphatic heterocycles. The molecule has 1 aromatic carbocycles. The number of fused-ring (bicyclic) bond motifs is 2. The molecule has 2 heterocycles. The first kappa shape index (κ1) is 14.4. The fraction of sp³-hybridized carbons (Fsp3) is 0.588. The van der Waals surface area contributed by atoms with Gasteiger partial charge in [-0.2, -0.15) is 0 Å². The van der Waals surface area contributed by atoms with Crippen molar-refractivity contribution in [1.29, 1.82) is 0 Å². The zero-order valence-corrected chi connectivity index (χ0v) is 13.1. The van der Waals surface area contributed by atoms with Gasteiger partial charge in [0.25, 0.3) is 0 Å². The van der Waals surface area contributed by atoms with E-state index in [4.69, 9.17) is 4.74 Å². The molecule has 0 spiro atoms. The normalized spacial score (nSPS) is 25.8. The maximum Gasteiger partial charge on any atom is 0.165 e. The Morgan fingerprint density at radius 1 is 1.24 bits per heavy atom. The fourth-order valence-electron chi connectivity index (χ4n) is 3.83. The number of ether oxygens (including phenoxy) is 1. The average molecular weight is 288 g/mol. The molecule has 2 saturated heterocycles. The van der Waals surface area contributed by atoms with E-state index in [1.54, 1.807) is 14.0 Å². The minimum atomic E-state index is 0.0743. The molecule has 0 amide bonds. The van der Waals surface area contributed by atoms with Crippen LogP contribution >= 0.6 is 0 Å². The summed E-state index contributed by atoms with van der Waals surface area (Å²) in [5, 5.41) is 0. The van der Waals surface area contributed by atoms with E-state index in [2.05, 4.69) is 22.9 Å². The van der Waals surface area contributed by atoms with Crippen molar-refractivity contribution in [1.82, 2.24) is 4.90 Å². The lowest BCUT2D eigenvalue weighted by atomic mass is 10.0. The van der Waals surface area contributed by atoms with E-state index >= 15 is 0 Å². The van der Waals surface area contributed by atoms with Crippen molar-refractivity contribution in [3.63, 3.8) is 0 Å². The number of rotatable bonds is 3. The van der Waals surface area contributed by atoms with Crippen LogP contribution in [0.4, 0.5) is 5.69 Å². The average Bonchev–Trinajstić information content (AvgIpc) is 2.71. The molecule has 0 aromatic heterocycles. The van der Waals surface area contributed by atoms with E-state index in [0.717, 1.165) is 24.3 Å². The Labute approximate surface area is 126 Å². The highest BCUT2D eigenvalue weighted by Gasteiger charge is 2.35. The Hall–Kier alpha value is -1.55. The molecule has 0 radical (unpaired) electrons. The van der Waals surface area contributed by atoms with Gasteiger partial charge >= 0.3 is 0 Å². The van der Waals surface area contributed by atoms with Crippen LogP contribution in [0.2, 0.25) is 0 Å². The minimum Gasteiger partial charge on any atom is -0.496 e. The number of Topliss-reactive ketones (excluding diaryl/α,β-unsaturated/α-hetero) is 1. The van der Waals surface area contributed by atoms with Crippen molar-refractivity contribution in [2.24, 2.45) is 0 Å². The molecule has 114 valence electrons. The van der Waals surface area contributed by atoms with Crippen molar-refractivity contribution in [2.75, 3.05) is 32.1 Å². The maximum atomic E-state index is 12.1. The Morgan fingerprint density at radius 2 is 2.00 bits per heavy atom. The number of nitrogens with zero attached hydrogens (tertiary/aromatic N) is 2. The number of anilines is 1. The van der Waals surface area contributed by atoms with Gasteiger partial charge in [-0.3, -0.25) is 9.69 Å². The zero-order valence-electron chi connectivity index (χ0n) is 13.1. The predicted octanol–water partition coefficient (Wildman–Crippen LogP) is 2.57. The molecule has 2 fully saturated rings. The lowest BCUT2D eigenvalue weighted by Crippen LogP contribution is -2.37. The fourth-order valence-corrected chi connectivity index (χ4v) is 3.83. The van der Waals surface area contributed by atoms with Crippen molar-refractivity contribution >= 4 is 11.5 Å². The Bertz CT molecular complexity index is 544. The Morgan fingerprint density at radius 3 is 2.71 bits per heavy atom.